The molecule has 0 aromatic heterocycles. The van der Waals surface area contributed by atoms with Crippen molar-refractivity contribution in [1.82, 2.24) is 5.01 Å². The molecule has 1 heterocycles. The Labute approximate surface area is 195 Å². The molecule has 2 aromatic carbocycles. The van der Waals surface area contributed by atoms with E-state index in [1.807, 2.05) is 19.1 Å². The van der Waals surface area contributed by atoms with Gasteiger partial charge in [-0.3, -0.25) is 19.7 Å². The van der Waals surface area contributed by atoms with E-state index in [1.165, 1.54) is 18.3 Å². The molecule has 5 rings (SSSR count). The summed E-state index contributed by atoms with van der Waals surface area (Å²) in [5, 5.41) is 16.2. The number of nitrogens with zero attached hydrogens (tertiary/aromatic N) is 3. The van der Waals surface area contributed by atoms with Crippen molar-refractivity contribution in [1.29, 1.82) is 0 Å². The molecular weight excluding hydrogens is 438 g/mol. The highest BCUT2D eigenvalue weighted by Gasteiger charge is 2.59. The Kier molecular flexibility index (Phi) is 5.61. The maximum absolute atomic E-state index is 12.8. The minimum absolute atomic E-state index is 0.00312. The molecular formula is C25H23N3O6. The molecule has 9 heteroatoms. The third-order valence-corrected chi connectivity index (χ3v) is 6.55. The molecule has 174 valence electrons. The molecule has 1 saturated carbocycles. The third-order valence-electron chi connectivity index (χ3n) is 6.55. The summed E-state index contributed by atoms with van der Waals surface area (Å²) in [6.07, 6.45) is 6.44. The van der Waals surface area contributed by atoms with Gasteiger partial charge in [0.15, 0.2) is 11.5 Å². The molecule has 34 heavy (non-hydrogen) atoms. The van der Waals surface area contributed by atoms with Crippen LogP contribution in [0.1, 0.15) is 24.5 Å². The number of rotatable bonds is 8. The maximum atomic E-state index is 12.8. The largest absolute Gasteiger partial charge is 0.490 e. The van der Waals surface area contributed by atoms with Crippen molar-refractivity contribution in [2.24, 2.45) is 28.8 Å². The number of allylic oxidation sites excluding steroid dienone is 2. The zero-order valence-electron chi connectivity index (χ0n) is 18.5. The molecule has 2 bridgehead atoms. The standard InChI is InChI=1S/C25H23N3O6/c1-2-33-21-11-15(6-9-20(21)34-14-16-4-3-5-19(10-16)28(31)32)13-26-27-24(29)22-17-7-8-18(12-17)23(22)25(27)30/h3-11,13,17-18,22-23H,2,12,14H2,1H3/t17-,18-,22-,23+/m0/s1. The lowest BCUT2D eigenvalue weighted by Gasteiger charge is -2.13. The molecule has 2 amide bonds. The summed E-state index contributed by atoms with van der Waals surface area (Å²) < 4.78 is 11.5. The van der Waals surface area contributed by atoms with Crippen molar-refractivity contribution in [3.8, 4) is 11.5 Å². The number of hydrogen-bond donors (Lipinski definition) is 0. The van der Waals surface area contributed by atoms with Crippen LogP contribution in [0.5, 0.6) is 11.5 Å². The summed E-state index contributed by atoms with van der Waals surface area (Å²) in [6, 6.07) is 11.4. The van der Waals surface area contributed by atoms with Crippen LogP contribution in [0.4, 0.5) is 5.69 Å². The molecule has 1 aliphatic heterocycles. The number of benzene rings is 2. The summed E-state index contributed by atoms with van der Waals surface area (Å²) in [6.45, 7) is 2.37. The van der Waals surface area contributed by atoms with E-state index in [0.29, 0.717) is 29.2 Å². The normalized spacial score (nSPS) is 24.8. The van der Waals surface area contributed by atoms with E-state index in [0.717, 1.165) is 11.4 Å². The zero-order valence-corrected chi connectivity index (χ0v) is 18.5. The molecule has 1 saturated heterocycles. The first-order chi connectivity index (χ1) is 16.5. The van der Waals surface area contributed by atoms with Gasteiger partial charge in [0.2, 0.25) is 0 Å². The molecule has 0 unspecified atom stereocenters. The van der Waals surface area contributed by atoms with Crippen LogP contribution in [0.15, 0.2) is 59.7 Å². The molecule has 2 fully saturated rings. The first-order valence-electron chi connectivity index (χ1n) is 11.2. The fourth-order valence-electron chi connectivity index (χ4n) is 5.04. The van der Waals surface area contributed by atoms with E-state index in [4.69, 9.17) is 9.47 Å². The molecule has 2 aromatic rings. The predicted molar refractivity (Wildman–Crippen MR) is 122 cm³/mol. The Morgan fingerprint density at radius 2 is 1.79 bits per heavy atom. The van der Waals surface area contributed by atoms with Crippen molar-refractivity contribution in [2.45, 2.75) is 20.0 Å². The van der Waals surface area contributed by atoms with Gasteiger partial charge < -0.3 is 9.47 Å². The minimum atomic E-state index is -0.451. The second-order valence-electron chi connectivity index (χ2n) is 8.59. The quantitative estimate of drug-likeness (QED) is 0.195. The lowest BCUT2D eigenvalue weighted by molar-refractivity contribution is -0.384. The highest BCUT2D eigenvalue weighted by atomic mass is 16.6. The van der Waals surface area contributed by atoms with Crippen molar-refractivity contribution >= 4 is 23.7 Å². The summed E-state index contributed by atoms with van der Waals surface area (Å²) in [5.74, 6) is 0.171. The molecule has 0 radical (unpaired) electrons. The first-order valence-corrected chi connectivity index (χ1v) is 11.2. The number of hydrazone groups is 1. The van der Waals surface area contributed by atoms with Crippen LogP contribution < -0.4 is 9.47 Å². The number of nitro groups is 1. The van der Waals surface area contributed by atoms with Crippen LogP contribution in [-0.2, 0) is 16.2 Å². The number of hydrogen-bond acceptors (Lipinski definition) is 7. The molecule has 2 aliphatic carbocycles. The van der Waals surface area contributed by atoms with Gasteiger partial charge >= 0.3 is 0 Å². The van der Waals surface area contributed by atoms with Gasteiger partial charge in [0.1, 0.15) is 6.61 Å². The minimum Gasteiger partial charge on any atom is -0.490 e. The first kappa shape index (κ1) is 21.8. The maximum Gasteiger partial charge on any atom is 0.269 e. The van der Waals surface area contributed by atoms with Gasteiger partial charge in [0.25, 0.3) is 17.5 Å². The Morgan fingerprint density at radius 1 is 1.06 bits per heavy atom. The Hall–Kier alpha value is -4.01. The van der Waals surface area contributed by atoms with Crippen LogP contribution >= 0.6 is 0 Å². The Morgan fingerprint density at radius 3 is 2.47 bits per heavy atom. The number of amides is 2. The van der Waals surface area contributed by atoms with Gasteiger partial charge in [-0.1, -0.05) is 24.3 Å². The summed E-state index contributed by atoms with van der Waals surface area (Å²) in [5.41, 5.74) is 1.30. The predicted octanol–water partition coefficient (Wildman–Crippen LogP) is 3.71. The number of non-ortho nitro benzene ring substituents is 1. The average molecular weight is 461 g/mol. The SMILES string of the molecule is CCOc1cc(C=NN2C(=O)[C@@H]3[C@H](C2=O)[C@H]2C=C[C@H]3C2)ccc1OCc1cccc([N+](=O)[O-])c1. The average Bonchev–Trinajstić information content (AvgIpc) is 3.51. The van der Waals surface area contributed by atoms with E-state index in [-0.39, 0.29) is 47.8 Å². The van der Waals surface area contributed by atoms with Crippen molar-refractivity contribution in [3.63, 3.8) is 0 Å². The summed E-state index contributed by atoms with van der Waals surface area (Å²) in [7, 11) is 0. The van der Waals surface area contributed by atoms with Gasteiger partial charge in [-0.05, 0) is 54.5 Å². The Balaban J connectivity index is 1.30. The van der Waals surface area contributed by atoms with Crippen LogP contribution in [-0.4, -0.2) is 34.6 Å². The van der Waals surface area contributed by atoms with Gasteiger partial charge in [0.05, 0.1) is 29.6 Å². The second kappa shape index (κ2) is 8.74. The lowest BCUT2D eigenvalue weighted by atomic mass is 9.85. The van der Waals surface area contributed by atoms with Crippen molar-refractivity contribution in [2.75, 3.05) is 6.61 Å². The number of carbonyl (C=O) groups is 2. The van der Waals surface area contributed by atoms with Crippen molar-refractivity contribution < 1.29 is 24.0 Å². The molecule has 0 spiro atoms. The number of ether oxygens (including phenoxy) is 2. The highest BCUT2D eigenvalue weighted by molar-refractivity contribution is 6.06. The van der Waals surface area contributed by atoms with Gasteiger partial charge in [-0.2, -0.15) is 10.1 Å². The van der Waals surface area contributed by atoms with E-state index in [2.05, 4.69) is 5.10 Å². The van der Waals surface area contributed by atoms with Crippen molar-refractivity contribution in [3.05, 3.63) is 75.9 Å². The lowest BCUT2D eigenvalue weighted by Crippen LogP contribution is -2.28. The molecule has 3 aliphatic rings. The van der Waals surface area contributed by atoms with E-state index >= 15 is 0 Å². The highest BCUT2D eigenvalue weighted by Crippen LogP contribution is 2.52. The Bertz CT molecular complexity index is 1190. The second-order valence-corrected chi connectivity index (χ2v) is 8.59. The van der Waals surface area contributed by atoms with Crippen LogP contribution in [0.25, 0.3) is 0 Å². The van der Waals surface area contributed by atoms with Gasteiger partial charge in [-0.25, -0.2) is 0 Å². The van der Waals surface area contributed by atoms with Gasteiger partial charge in [-0.15, -0.1) is 0 Å². The zero-order chi connectivity index (χ0) is 23.8. The summed E-state index contributed by atoms with van der Waals surface area (Å²) >= 11 is 0. The molecule has 0 N–H and O–H groups in total. The summed E-state index contributed by atoms with van der Waals surface area (Å²) in [4.78, 5) is 36.1. The number of fused-ring (bicyclic) bond motifs is 5. The fourth-order valence-corrected chi connectivity index (χ4v) is 5.04. The topological polar surface area (TPSA) is 111 Å². The third kappa shape index (κ3) is 3.83. The fraction of sp³-hybridized carbons (Fsp3) is 0.320. The van der Waals surface area contributed by atoms with E-state index < -0.39 is 4.92 Å². The molecule has 9 nitrogen and oxygen atoms in total. The number of carbonyl (C=O) groups excluding carboxylic acids is 2. The van der Waals surface area contributed by atoms with Crippen LogP contribution in [0.2, 0.25) is 0 Å². The van der Waals surface area contributed by atoms with E-state index in [9.17, 15) is 19.7 Å². The number of imide groups is 1. The number of nitro benzene ring substituents is 1. The molecule has 4 atom stereocenters. The van der Waals surface area contributed by atoms with Crippen LogP contribution in [0.3, 0.4) is 0 Å². The van der Waals surface area contributed by atoms with Gasteiger partial charge in [0, 0.05) is 12.1 Å². The van der Waals surface area contributed by atoms with Crippen LogP contribution in [0, 0.1) is 33.8 Å². The monoisotopic (exact) mass is 461 g/mol. The smallest absolute Gasteiger partial charge is 0.269 e. The van der Waals surface area contributed by atoms with E-state index in [1.54, 1.807) is 30.3 Å².